The summed E-state index contributed by atoms with van der Waals surface area (Å²) in [4.78, 5) is 10.7. The first-order valence-corrected chi connectivity index (χ1v) is 3.54. The molecule has 0 unspecified atom stereocenters. The molecule has 0 aliphatic rings. The number of hydrogen-bond acceptors (Lipinski definition) is 3. The number of aromatic nitrogens is 4. The van der Waals surface area contributed by atoms with Crippen LogP contribution in [0.15, 0.2) is 4.79 Å². The van der Waals surface area contributed by atoms with Crippen LogP contribution in [0.2, 0.25) is 0 Å². The second-order valence-corrected chi connectivity index (χ2v) is 2.45. The number of nitrogens with zero attached hydrogens (tertiary/aromatic N) is 3. The van der Waals surface area contributed by atoms with E-state index in [4.69, 9.17) is 0 Å². The lowest BCUT2D eigenvalue weighted by molar-refractivity contribution is -0.136. The van der Waals surface area contributed by atoms with E-state index in [2.05, 4.69) is 10.4 Å². The first kappa shape index (κ1) is 9.75. The Kier molecular flexibility index (Phi) is 2.69. The summed E-state index contributed by atoms with van der Waals surface area (Å²) in [6.45, 7) is -0.0746. The lowest BCUT2D eigenvalue weighted by Crippen LogP contribution is -2.19. The Bertz CT molecular complexity index is 314. The van der Waals surface area contributed by atoms with Crippen molar-refractivity contribution >= 4 is 0 Å². The van der Waals surface area contributed by atoms with Crippen molar-refractivity contribution in [3.05, 3.63) is 10.5 Å². The molecule has 0 amide bonds. The Hall–Kier alpha value is -1.34. The van der Waals surface area contributed by atoms with E-state index in [0.29, 0.717) is 0 Å². The van der Waals surface area contributed by atoms with Crippen molar-refractivity contribution in [1.29, 1.82) is 0 Å². The number of nitrogens with one attached hydrogen (secondary N) is 1. The SMILES string of the molecule is O=c1[nH]nnn1CCCC(F)(F)F. The van der Waals surface area contributed by atoms with Gasteiger partial charge in [-0.25, -0.2) is 9.89 Å². The highest BCUT2D eigenvalue weighted by molar-refractivity contribution is 4.54. The van der Waals surface area contributed by atoms with E-state index in [1.807, 2.05) is 5.10 Å². The van der Waals surface area contributed by atoms with Gasteiger partial charge in [-0.2, -0.15) is 17.9 Å². The number of hydrogen-bond donors (Lipinski definition) is 1. The van der Waals surface area contributed by atoms with Gasteiger partial charge in [-0.15, -0.1) is 0 Å². The van der Waals surface area contributed by atoms with Gasteiger partial charge in [0.05, 0.1) is 0 Å². The average molecular weight is 196 g/mol. The number of tetrazole rings is 1. The van der Waals surface area contributed by atoms with Crippen LogP contribution in [0.3, 0.4) is 0 Å². The number of halogens is 3. The Balaban J connectivity index is 2.37. The third-order valence-electron chi connectivity index (χ3n) is 1.36. The highest BCUT2D eigenvalue weighted by Crippen LogP contribution is 2.21. The maximum Gasteiger partial charge on any atom is 0.389 e. The summed E-state index contributed by atoms with van der Waals surface area (Å²) in [5.41, 5.74) is -0.595. The van der Waals surface area contributed by atoms with Crippen molar-refractivity contribution in [2.45, 2.75) is 25.6 Å². The molecule has 0 spiro atoms. The molecule has 0 aliphatic carbocycles. The molecule has 0 bridgehead atoms. The minimum absolute atomic E-state index is 0.0746. The van der Waals surface area contributed by atoms with Crippen LogP contribution in [0.4, 0.5) is 13.2 Å². The maximum atomic E-state index is 11.7. The largest absolute Gasteiger partial charge is 0.389 e. The summed E-state index contributed by atoms with van der Waals surface area (Å²) in [6, 6.07) is 0. The van der Waals surface area contributed by atoms with Crippen LogP contribution >= 0.6 is 0 Å². The van der Waals surface area contributed by atoms with Gasteiger partial charge < -0.3 is 0 Å². The van der Waals surface area contributed by atoms with Crippen LogP contribution in [-0.2, 0) is 6.54 Å². The second kappa shape index (κ2) is 3.58. The number of alkyl halides is 3. The zero-order valence-electron chi connectivity index (χ0n) is 6.51. The third kappa shape index (κ3) is 3.26. The first-order chi connectivity index (χ1) is 5.99. The Labute approximate surface area is 70.5 Å². The fourth-order valence-corrected chi connectivity index (χ4v) is 0.793. The van der Waals surface area contributed by atoms with E-state index in [9.17, 15) is 18.0 Å². The van der Waals surface area contributed by atoms with Gasteiger partial charge in [-0.05, 0) is 16.8 Å². The summed E-state index contributed by atoms with van der Waals surface area (Å²) < 4.78 is 35.8. The fraction of sp³-hybridized carbons (Fsp3) is 0.800. The van der Waals surface area contributed by atoms with Gasteiger partial charge >= 0.3 is 11.9 Å². The van der Waals surface area contributed by atoms with Gasteiger partial charge in [0.2, 0.25) is 0 Å². The molecule has 13 heavy (non-hydrogen) atoms. The molecule has 1 rings (SSSR count). The molecule has 1 N–H and O–H groups in total. The predicted octanol–water partition coefficient (Wildman–Crippen LogP) is 0.309. The molecule has 5 nitrogen and oxygen atoms in total. The standard InChI is InChI=1S/C5H7F3N4O/c6-5(7,8)2-1-3-12-4(13)9-10-11-12/h1-3H2,(H,9,11,13). The van der Waals surface area contributed by atoms with Crippen molar-refractivity contribution in [2.75, 3.05) is 0 Å². The monoisotopic (exact) mass is 196 g/mol. The fourth-order valence-electron chi connectivity index (χ4n) is 0.793. The highest BCUT2D eigenvalue weighted by Gasteiger charge is 2.26. The molecule has 0 atom stereocenters. The van der Waals surface area contributed by atoms with Crippen molar-refractivity contribution in [2.24, 2.45) is 0 Å². The normalized spacial score (nSPS) is 11.9. The predicted molar refractivity (Wildman–Crippen MR) is 35.9 cm³/mol. The van der Waals surface area contributed by atoms with Gasteiger partial charge in [-0.1, -0.05) is 0 Å². The van der Waals surface area contributed by atoms with E-state index in [0.717, 1.165) is 4.68 Å². The van der Waals surface area contributed by atoms with Crippen LogP contribution in [-0.4, -0.2) is 26.4 Å². The summed E-state index contributed by atoms with van der Waals surface area (Å²) in [7, 11) is 0. The number of aromatic amines is 1. The minimum atomic E-state index is -4.19. The van der Waals surface area contributed by atoms with Crippen LogP contribution in [0.5, 0.6) is 0 Å². The summed E-state index contributed by atoms with van der Waals surface area (Å²) in [5.74, 6) is 0. The van der Waals surface area contributed by atoms with Crippen molar-refractivity contribution < 1.29 is 13.2 Å². The quantitative estimate of drug-likeness (QED) is 0.756. The summed E-state index contributed by atoms with van der Waals surface area (Å²) in [5, 5.41) is 8.38. The molecule has 0 saturated heterocycles. The van der Waals surface area contributed by atoms with E-state index in [-0.39, 0.29) is 13.0 Å². The number of H-pyrrole nitrogens is 1. The smallest absolute Gasteiger partial charge is 0.245 e. The Morgan fingerprint density at radius 1 is 1.46 bits per heavy atom. The van der Waals surface area contributed by atoms with Crippen LogP contribution in [0, 0.1) is 0 Å². The van der Waals surface area contributed by atoms with E-state index >= 15 is 0 Å². The molecule has 0 radical (unpaired) electrons. The molecule has 0 saturated carbocycles. The number of rotatable bonds is 3. The molecule has 0 aliphatic heterocycles. The van der Waals surface area contributed by atoms with E-state index in [1.165, 1.54) is 0 Å². The summed E-state index contributed by atoms with van der Waals surface area (Å²) >= 11 is 0. The molecule has 0 fully saturated rings. The molecular weight excluding hydrogens is 189 g/mol. The van der Waals surface area contributed by atoms with Crippen molar-refractivity contribution in [3.63, 3.8) is 0 Å². The Morgan fingerprint density at radius 3 is 2.62 bits per heavy atom. The molecule has 74 valence electrons. The molecule has 8 heteroatoms. The summed E-state index contributed by atoms with van der Waals surface area (Å²) in [6.07, 6.45) is -5.28. The first-order valence-electron chi connectivity index (χ1n) is 3.54. The minimum Gasteiger partial charge on any atom is -0.245 e. The van der Waals surface area contributed by atoms with Crippen LogP contribution in [0.1, 0.15) is 12.8 Å². The van der Waals surface area contributed by atoms with Crippen molar-refractivity contribution in [3.8, 4) is 0 Å². The zero-order valence-corrected chi connectivity index (χ0v) is 6.51. The van der Waals surface area contributed by atoms with Crippen LogP contribution in [0.25, 0.3) is 0 Å². The van der Waals surface area contributed by atoms with Gasteiger partial charge in [0.1, 0.15) is 0 Å². The average Bonchev–Trinajstić information content (AvgIpc) is 2.34. The molecule has 1 aromatic rings. The number of aryl methyl sites for hydroxylation is 1. The molecule has 0 aromatic carbocycles. The van der Waals surface area contributed by atoms with Gasteiger partial charge in [0.25, 0.3) is 0 Å². The third-order valence-corrected chi connectivity index (χ3v) is 1.36. The van der Waals surface area contributed by atoms with Crippen molar-refractivity contribution in [1.82, 2.24) is 20.2 Å². The van der Waals surface area contributed by atoms with Gasteiger partial charge in [0.15, 0.2) is 0 Å². The Morgan fingerprint density at radius 2 is 2.15 bits per heavy atom. The molecule has 1 heterocycles. The zero-order chi connectivity index (χ0) is 9.90. The maximum absolute atomic E-state index is 11.7. The van der Waals surface area contributed by atoms with Gasteiger partial charge in [0, 0.05) is 13.0 Å². The van der Waals surface area contributed by atoms with Gasteiger partial charge in [-0.3, -0.25) is 0 Å². The lowest BCUT2D eigenvalue weighted by atomic mass is 10.3. The van der Waals surface area contributed by atoms with Crippen LogP contribution < -0.4 is 5.69 Å². The topological polar surface area (TPSA) is 63.6 Å². The lowest BCUT2D eigenvalue weighted by Gasteiger charge is -2.04. The van der Waals surface area contributed by atoms with E-state index < -0.39 is 18.3 Å². The second-order valence-electron chi connectivity index (χ2n) is 2.45. The highest BCUT2D eigenvalue weighted by atomic mass is 19.4. The van der Waals surface area contributed by atoms with E-state index in [1.54, 1.807) is 0 Å². The molecular formula is C5H7F3N4O. The molecule has 1 aromatic heterocycles.